The molecule has 0 unspecified atom stereocenters. The Hall–Kier alpha value is -2.35. The molecule has 0 aliphatic carbocycles. The molecule has 0 bridgehead atoms. The third-order valence-corrected chi connectivity index (χ3v) is 5.98. The van der Waals surface area contributed by atoms with Gasteiger partial charge in [0.15, 0.2) is 0 Å². The lowest BCUT2D eigenvalue weighted by atomic mass is 10.3. The zero-order chi connectivity index (χ0) is 18.2. The van der Waals surface area contributed by atoms with Crippen molar-refractivity contribution < 1.29 is 17.6 Å². The molecule has 1 N–H and O–H groups in total. The minimum absolute atomic E-state index is 0.0434. The molecule has 134 valence electrons. The standard InChI is InChI=1S/C17H20FN3O3S/c1-12-16(25(23,24)19-14-7-5-13(18)6-8-14)11-15(20(12)2)17(22)21-9-3-4-10-21/h5-8,11,19H,3-4,9-10H2,1-2H3. The number of nitrogens with zero attached hydrogens (tertiary/aromatic N) is 2. The molecule has 1 aliphatic heterocycles. The van der Waals surface area contributed by atoms with Crippen molar-refractivity contribution in [1.29, 1.82) is 0 Å². The Morgan fingerprint density at radius 2 is 1.76 bits per heavy atom. The second-order valence-corrected chi connectivity index (χ2v) is 7.80. The molecule has 1 aromatic heterocycles. The Labute approximate surface area is 146 Å². The first kappa shape index (κ1) is 17.5. The van der Waals surface area contributed by atoms with Crippen LogP contribution in [0.25, 0.3) is 0 Å². The van der Waals surface area contributed by atoms with Crippen molar-refractivity contribution in [3.05, 3.63) is 47.5 Å². The van der Waals surface area contributed by atoms with Crippen molar-refractivity contribution in [2.75, 3.05) is 17.8 Å². The Kier molecular flexibility index (Phi) is 4.55. The van der Waals surface area contributed by atoms with Crippen LogP contribution in [-0.4, -0.2) is 36.9 Å². The molecular formula is C17H20FN3O3S. The molecule has 0 radical (unpaired) electrons. The zero-order valence-corrected chi connectivity index (χ0v) is 14.9. The Morgan fingerprint density at radius 3 is 2.36 bits per heavy atom. The summed E-state index contributed by atoms with van der Waals surface area (Å²) in [6.07, 6.45) is 1.93. The van der Waals surface area contributed by atoms with Crippen LogP contribution in [0.2, 0.25) is 0 Å². The smallest absolute Gasteiger partial charge is 0.270 e. The van der Waals surface area contributed by atoms with Gasteiger partial charge in [0.25, 0.3) is 15.9 Å². The van der Waals surface area contributed by atoms with Gasteiger partial charge in [-0.15, -0.1) is 0 Å². The molecule has 1 fully saturated rings. The fourth-order valence-electron chi connectivity index (χ4n) is 2.96. The Balaban J connectivity index is 1.92. The van der Waals surface area contributed by atoms with Crippen LogP contribution in [0, 0.1) is 12.7 Å². The molecule has 0 atom stereocenters. The van der Waals surface area contributed by atoms with Crippen LogP contribution < -0.4 is 4.72 Å². The Bertz CT molecular complexity index is 898. The molecule has 1 amide bonds. The largest absolute Gasteiger partial charge is 0.343 e. The lowest BCUT2D eigenvalue weighted by molar-refractivity contribution is 0.0783. The highest BCUT2D eigenvalue weighted by Crippen LogP contribution is 2.24. The summed E-state index contributed by atoms with van der Waals surface area (Å²) in [6.45, 7) is 3.04. The van der Waals surface area contributed by atoms with Crippen LogP contribution in [0.4, 0.5) is 10.1 Å². The summed E-state index contributed by atoms with van der Waals surface area (Å²) >= 11 is 0. The van der Waals surface area contributed by atoms with Crippen molar-refractivity contribution in [3.8, 4) is 0 Å². The number of amides is 1. The van der Waals surface area contributed by atoms with E-state index in [-0.39, 0.29) is 16.5 Å². The maximum Gasteiger partial charge on any atom is 0.270 e. The average molecular weight is 365 g/mol. The first-order valence-corrected chi connectivity index (χ1v) is 9.52. The van der Waals surface area contributed by atoms with Crippen molar-refractivity contribution in [1.82, 2.24) is 9.47 Å². The van der Waals surface area contributed by atoms with Gasteiger partial charge < -0.3 is 9.47 Å². The van der Waals surface area contributed by atoms with E-state index in [2.05, 4.69) is 4.72 Å². The summed E-state index contributed by atoms with van der Waals surface area (Å²) < 4.78 is 42.3. The van der Waals surface area contributed by atoms with E-state index < -0.39 is 15.8 Å². The molecule has 3 rings (SSSR count). The summed E-state index contributed by atoms with van der Waals surface area (Å²) in [5.41, 5.74) is 1.08. The number of sulfonamides is 1. The van der Waals surface area contributed by atoms with Crippen molar-refractivity contribution in [2.45, 2.75) is 24.7 Å². The van der Waals surface area contributed by atoms with Crippen molar-refractivity contribution in [3.63, 3.8) is 0 Å². The molecule has 1 saturated heterocycles. The highest BCUT2D eigenvalue weighted by atomic mass is 32.2. The van der Waals surface area contributed by atoms with Gasteiger partial charge in [-0.2, -0.15) is 0 Å². The highest BCUT2D eigenvalue weighted by Gasteiger charge is 2.27. The van der Waals surface area contributed by atoms with E-state index in [4.69, 9.17) is 0 Å². The minimum atomic E-state index is -3.88. The topological polar surface area (TPSA) is 71.4 Å². The van der Waals surface area contributed by atoms with Gasteiger partial charge in [0.1, 0.15) is 16.4 Å². The number of aromatic nitrogens is 1. The predicted octanol–water partition coefficient (Wildman–Crippen LogP) is 2.51. The molecule has 2 heterocycles. The number of benzene rings is 1. The van der Waals surface area contributed by atoms with Crippen LogP contribution >= 0.6 is 0 Å². The lowest BCUT2D eigenvalue weighted by Gasteiger charge is -2.15. The molecule has 25 heavy (non-hydrogen) atoms. The molecule has 8 heteroatoms. The highest BCUT2D eigenvalue weighted by molar-refractivity contribution is 7.92. The van der Waals surface area contributed by atoms with Gasteiger partial charge in [0, 0.05) is 31.5 Å². The molecule has 0 spiro atoms. The van der Waals surface area contributed by atoms with Crippen LogP contribution in [0.5, 0.6) is 0 Å². The van der Waals surface area contributed by atoms with E-state index in [0.717, 1.165) is 12.8 Å². The summed E-state index contributed by atoms with van der Waals surface area (Å²) in [5.74, 6) is -0.608. The maximum atomic E-state index is 13.0. The van der Waals surface area contributed by atoms with E-state index in [0.29, 0.717) is 24.5 Å². The van der Waals surface area contributed by atoms with Gasteiger partial charge in [0.2, 0.25) is 0 Å². The second-order valence-electron chi connectivity index (χ2n) is 6.15. The van der Waals surface area contributed by atoms with Gasteiger partial charge in [0.05, 0.1) is 0 Å². The molecule has 6 nitrogen and oxygen atoms in total. The van der Waals surface area contributed by atoms with Crippen LogP contribution in [0.15, 0.2) is 35.2 Å². The number of anilines is 1. The molecule has 2 aromatic rings. The van der Waals surface area contributed by atoms with Crippen LogP contribution in [0.1, 0.15) is 29.0 Å². The van der Waals surface area contributed by atoms with Gasteiger partial charge in [-0.25, -0.2) is 12.8 Å². The molecule has 0 saturated carbocycles. The summed E-state index contributed by atoms with van der Waals surface area (Å²) in [4.78, 5) is 14.4. The molecule has 1 aromatic carbocycles. The first-order valence-electron chi connectivity index (χ1n) is 8.03. The first-order chi connectivity index (χ1) is 11.8. The second kappa shape index (κ2) is 6.51. The van der Waals surface area contributed by atoms with E-state index >= 15 is 0 Å². The van der Waals surface area contributed by atoms with Gasteiger partial charge in [-0.3, -0.25) is 9.52 Å². The summed E-state index contributed by atoms with van der Waals surface area (Å²) in [7, 11) is -2.20. The fourth-order valence-corrected chi connectivity index (χ4v) is 4.31. The number of rotatable bonds is 4. The summed E-state index contributed by atoms with van der Waals surface area (Å²) in [5, 5.41) is 0. The third-order valence-electron chi connectivity index (χ3n) is 4.49. The minimum Gasteiger partial charge on any atom is -0.343 e. The number of carbonyl (C=O) groups excluding carboxylic acids is 1. The number of hydrogen-bond donors (Lipinski definition) is 1. The van der Waals surface area contributed by atoms with Crippen molar-refractivity contribution >= 4 is 21.6 Å². The number of carbonyl (C=O) groups is 1. The van der Waals surface area contributed by atoms with Crippen LogP contribution in [-0.2, 0) is 17.1 Å². The number of hydrogen-bond acceptors (Lipinski definition) is 3. The molecular weight excluding hydrogens is 345 g/mol. The number of halogens is 1. The van der Waals surface area contributed by atoms with Crippen LogP contribution in [0.3, 0.4) is 0 Å². The average Bonchev–Trinajstić information content (AvgIpc) is 3.19. The monoisotopic (exact) mass is 365 g/mol. The van der Waals surface area contributed by atoms with E-state index in [1.807, 2.05) is 0 Å². The fraction of sp³-hybridized carbons (Fsp3) is 0.353. The van der Waals surface area contributed by atoms with Gasteiger partial charge >= 0.3 is 0 Å². The SMILES string of the molecule is Cc1c(S(=O)(=O)Nc2ccc(F)cc2)cc(C(=O)N2CCCC2)n1C. The summed E-state index contributed by atoms with van der Waals surface area (Å²) in [6, 6.07) is 6.46. The molecule has 1 aliphatic rings. The van der Waals surface area contributed by atoms with E-state index in [9.17, 15) is 17.6 Å². The predicted molar refractivity (Wildman–Crippen MR) is 92.5 cm³/mol. The van der Waals surface area contributed by atoms with E-state index in [1.54, 1.807) is 23.4 Å². The number of likely N-dealkylation sites (tertiary alicyclic amines) is 1. The zero-order valence-electron chi connectivity index (χ0n) is 14.1. The maximum absolute atomic E-state index is 13.0. The number of nitrogens with one attached hydrogen (secondary N) is 1. The van der Waals surface area contributed by atoms with Gasteiger partial charge in [-0.1, -0.05) is 0 Å². The van der Waals surface area contributed by atoms with Crippen molar-refractivity contribution in [2.24, 2.45) is 7.05 Å². The Morgan fingerprint density at radius 1 is 1.16 bits per heavy atom. The third kappa shape index (κ3) is 3.39. The van der Waals surface area contributed by atoms with E-state index in [1.165, 1.54) is 30.3 Å². The normalized spacial score (nSPS) is 14.8. The lowest BCUT2D eigenvalue weighted by Crippen LogP contribution is -2.29. The quantitative estimate of drug-likeness (QED) is 0.905. The van der Waals surface area contributed by atoms with Gasteiger partial charge in [-0.05, 0) is 50.1 Å².